The van der Waals surface area contributed by atoms with Crippen LogP contribution in [-0.4, -0.2) is 37.1 Å². The normalized spacial score (nSPS) is 12.6. The highest BCUT2D eigenvalue weighted by Crippen LogP contribution is 2.36. The van der Waals surface area contributed by atoms with E-state index in [2.05, 4.69) is 38.8 Å². The lowest BCUT2D eigenvalue weighted by atomic mass is 9.82. The number of aromatic nitrogens is 1. The first-order chi connectivity index (χ1) is 8.63. The van der Waals surface area contributed by atoms with Crippen molar-refractivity contribution >= 4 is 20.9 Å². The van der Waals surface area contributed by atoms with Gasteiger partial charge in [-0.05, 0) is 24.2 Å². The Kier molecular flexibility index (Phi) is 5.32. The van der Waals surface area contributed by atoms with Gasteiger partial charge in [-0.2, -0.15) is 0 Å². The summed E-state index contributed by atoms with van der Waals surface area (Å²) in [6, 6.07) is 3.49. The number of hydrogen-bond acceptors (Lipinski definition) is 4. The van der Waals surface area contributed by atoms with Crippen LogP contribution < -0.4 is 5.46 Å². The molecular weight excluding hydrogens is 257 g/mol. The molecule has 0 amide bonds. The summed E-state index contributed by atoms with van der Waals surface area (Å²) >= 11 is 0. The van der Waals surface area contributed by atoms with Crippen molar-refractivity contribution in [2.24, 2.45) is 0 Å². The van der Waals surface area contributed by atoms with Gasteiger partial charge in [-0.3, -0.25) is 4.98 Å². The largest absolute Gasteiger partial charge is 0.490 e. The predicted molar refractivity (Wildman–Crippen MR) is 80.9 cm³/mol. The molecule has 0 aliphatic heterocycles. The van der Waals surface area contributed by atoms with Crippen molar-refractivity contribution in [1.29, 1.82) is 0 Å². The zero-order valence-corrected chi connectivity index (χ0v) is 13.5. The van der Waals surface area contributed by atoms with Crippen LogP contribution in [-0.2, 0) is 10.8 Å². The molecule has 1 aromatic rings. The number of rotatable bonds is 5. The van der Waals surface area contributed by atoms with Gasteiger partial charge in [0.15, 0.2) is 8.32 Å². The van der Waals surface area contributed by atoms with Crippen molar-refractivity contribution in [2.75, 3.05) is 6.61 Å². The Hall–Kier alpha value is -0.688. The highest BCUT2D eigenvalue weighted by molar-refractivity contribution is 6.74. The molecule has 0 fully saturated rings. The van der Waals surface area contributed by atoms with Crippen molar-refractivity contribution in [3.8, 4) is 0 Å². The minimum absolute atomic E-state index is 0.214. The van der Waals surface area contributed by atoms with E-state index in [-0.39, 0.29) is 5.04 Å². The van der Waals surface area contributed by atoms with Crippen molar-refractivity contribution in [2.45, 2.75) is 45.3 Å². The van der Waals surface area contributed by atoms with E-state index < -0.39 is 15.4 Å². The fourth-order valence-electron chi connectivity index (χ4n) is 1.36. The van der Waals surface area contributed by atoms with E-state index in [1.807, 2.05) is 6.07 Å². The van der Waals surface area contributed by atoms with Crippen LogP contribution in [0.25, 0.3) is 0 Å². The van der Waals surface area contributed by atoms with Crippen LogP contribution in [0.2, 0.25) is 18.1 Å². The standard InChI is InChI=1S/C13H24BNO3Si/c1-13(2,3)19(4,5)18-9-8-12-7-6-11(10-15-12)14(16)17/h6-7,10,16-17H,8-9H2,1-5H3. The lowest BCUT2D eigenvalue weighted by Crippen LogP contribution is -2.41. The van der Waals surface area contributed by atoms with Gasteiger partial charge >= 0.3 is 7.12 Å². The maximum absolute atomic E-state index is 8.98. The summed E-state index contributed by atoms with van der Waals surface area (Å²) in [5.74, 6) is 0. The number of pyridine rings is 1. The number of nitrogens with zero attached hydrogens (tertiary/aromatic N) is 1. The van der Waals surface area contributed by atoms with Gasteiger partial charge in [-0.25, -0.2) is 0 Å². The molecule has 0 aromatic carbocycles. The molecule has 0 saturated carbocycles. The van der Waals surface area contributed by atoms with E-state index in [0.717, 1.165) is 12.1 Å². The predicted octanol–water partition coefficient (Wildman–Crippen LogP) is 1.33. The van der Waals surface area contributed by atoms with Crippen LogP contribution in [0.15, 0.2) is 18.3 Å². The van der Waals surface area contributed by atoms with Gasteiger partial charge in [0, 0.05) is 30.4 Å². The average molecular weight is 281 g/mol. The van der Waals surface area contributed by atoms with Gasteiger partial charge in [0.05, 0.1) is 0 Å². The SMILES string of the molecule is CC(C)(C)[Si](C)(C)OCCc1ccc(B(O)O)cn1. The lowest BCUT2D eigenvalue weighted by Gasteiger charge is -2.36. The molecular formula is C13H24BNO3Si. The maximum atomic E-state index is 8.98. The second kappa shape index (κ2) is 6.18. The van der Waals surface area contributed by atoms with Crippen molar-refractivity contribution in [1.82, 2.24) is 4.98 Å². The first kappa shape index (κ1) is 16.4. The zero-order chi connectivity index (χ0) is 14.7. The molecule has 19 heavy (non-hydrogen) atoms. The molecule has 1 heterocycles. The molecule has 106 valence electrons. The molecule has 0 bridgehead atoms. The molecule has 2 N–H and O–H groups in total. The third-order valence-corrected chi connectivity index (χ3v) is 8.31. The van der Waals surface area contributed by atoms with Crippen LogP contribution >= 0.6 is 0 Å². The van der Waals surface area contributed by atoms with Crippen molar-refractivity contribution in [3.05, 3.63) is 24.0 Å². The van der Waals surface area contributed by atoms with Gasteiger partial charge in [0.1, 0.15) is 0 Å². The summed E-state index contributed by atoms with van der Waals surface area (Å²) in [6.45, 7) is 11.8. The Labute approximate surface area is 117 Å². The van der Waals surface area contributed by atoms with Crippen LogP contribution in [0.1, 0.15) is 26.5 Å². The summed E-state index contributed by atoms with van der Waals surface area (Å²) < 4.78 is 6.08. The topological polar surface area (TPSA) is 62.6 Å². The summed E-state index contributed by atoms with van der Waals surface area (Å²) in [6.07, 6.45) is 2.24. The van der Waals surface area contributed by atoms with Crippen molar-refractivity contribution in [3.63, 3.8) is 0 Å². The molecule has 0 aliphatic carbocycles. The van der Waals surface area contributed by atoms with E-state index in [1.54, 1.807) is 6.07 Å². The van der Waals surface area contributed by atoms with E-state index in [1.165, 1.54) is 6.20 Å². The molecule has 1 rings (SSSR count). The van der Waals surface area contributed by atoms with Crippen molar-refractivity contribution < 1.29 is 14.5 Å². The number of hydrogen-bond donors (Lipinski definition) is 2. The van der Waals surface area contributed by atoms with Crippen LogP contribution in [0.5, 0.6) is 0 Å². The molecule has 0 unspecified atom stereocenters. The van der Waals surface area contributed by atoms with E-state index >= 15 is 0 Å². The minimum Gasteiger partial charge on any atom is -0.423 e. The first-order valence-electron chi connectivity index (χ1n) is 6.58. The fourth-order valence-corrected chi connectivity index (χ4v) is 2.41. The average Bonchev–Trinajstić information content (AvgIpc) is 2.28. The summed E-state index contributed by atoms with van der Waals surface area (Å²) in [4.78, 5) is 4.20. The second-order valence-corrected chi connectivity index (χ2v) is 11.1. The van der Waals surface area contributed by atoms with Gasteiger partial charge in [0.25, 0.3) is 0 Å². The molecule has 1 aromatic heterocycles. The third-order valence-electron chi connectivity index (χ3n) is 3.77. The minimum atomic E-state index is -1.70. The Morgan fingerprint density at radius 3 is 2.32 bits per heavy atom. The summed E-state index contributed by atoms with van der Waals surface area (Å²) in [5, 5.41) is 18.2. The van der Waals surface area contributed by atoms with Crippen LogP contribution in [0.4, 0.5) is 0 Å². The highest BCUT2D eigenvalue weighted by Gasteiger charge is 2.36. The fraction of sp³-hybridized carbons (Fsp3) is 0.615. The summed E-state index contributed by atoms with van der Waals surface area (Å²) in [5.41, 5.74) is 1.32. The Balaban J connectivity index is 2.50. The molecule has 4 nitrogen and oxygen atoms in total. The van der Waals surface area contributed by atoms with E-state index in [4.69, 9.17) is 14.5 Å². The Morgan fingerprint density at radius 1 is 1.26 bits per heavy atom. The zero-order valence-electron chi connectivity index (χ0n) is 12.5. The second-order valence-electron chi connectivity index (χ2n) is 6.32. The Morgan fingerprint density at radius 2 is 1.89 bits per heavy atom. The van der Waals surface area contributed by atoms with Gasteiger partial charge in [0.2, 0.25) is 0 Å². The summed E-state index contributed by atoms with van der Waals surface area (Å²) in [7, 11) is -3.15. The van der Waals surface area contributed by atoms with Crippen LogP contribution in [0.3, 0.4) is 0 Å². The smallest absolute Gasteiger partial charge is 0.423 e. The third kappa shape index (κ3) is 4.72. The van der Waals surface area contributed by atoms with Crippen LogP contribution in [0, 0.1) is 0 Å². The first-order valence-corrected chi connectivity index (χ1v) is 9.49. The Bertz CT molecular complexity index is 401. The molecule has 0 saturated heterocycles. The van der Waals surface area contributed by atoms with Gasteiger partial charge in [-0.15, -0.1) is 0 Å². The maximum Gasteiger partial charge on any atom is 0.490 e. The van der Waals surface area contributed by atoms with Gasteiger partial charge in [-0.1, -0.05) is 26.8 Å². The molecule has 0 aliphatic rings. The van der Waals surface area contributed by atoms with E-state index in [9.17, 15) is 0 Å². The van der Waals surface area contributed by atoms with E-state index in [0.29, 0.717) is 12.1 Å². The molecule has 0 atom stereocenters. The molecule has 6 heteroatoms. The monoisotopic (exact) mass is 281 g/mol. The molecule has 0 spiro atoms. The highest BCUT2D eigenvalue weighted by atomic mass is 28.4. The lowest BCUT2D eigenvalue weighted by molar-refractivity contribution is 0.291. The quantitative estimate of drug-likeness (QED) is 0.799. The molecule has 0 radical (unpaired) electrons. The van der Waals surface area contributed by atoms with Gasteiger partial charge < -0.3 is 14.5 Å².